The first-order chi connectivity index (χ1) is 8.40. The summed E-state index contributed by atoms with van der Waals surface area (Å²) in [7, 11) is -0.239. The molecule has 0 saturated heterocycles. The molecule has 0 amide bonds. The number of benzene rings is 1. The summed E-state index contributed by atoms with van der Waals surface area (Å²) in [6.45, 7) is 1.62. The third-order valence-electron chi connectivity index (χ3n) is 2.77. The van der Waals surface area contributed by atoms with Gasteiger partial charge in [-0.15, -0.1) is 0 Å². The van der Waals surface area contributed by atoms with Gasteiger partial charge >= 0.3 is 0 Å². The Balaban J connectivity index is 2.73. The Labute approximate surface area is 108 Å². The standard InChI is InChI=1S/C12H19NO4S/c1-4-18(15,16)13(2)9-12(14)10-5-7-11(17-3)8-6-10/h5-8,12,14H,4,9H2,1-3H3. The van der Waals surface area contributed by atoms with Crippen LogP contribution in [0.1, 0.15) is 18.6 Å². The Hall–Kier alpha value is -1.11. The second kappa shape index (κ2) is 6.17. The minimum absolute atomic E-state index is 0.0266. The van der Waals surface area contributed by atoms with Gasteiger partial charge in [0.05, 0.1) is 19.0 Å². The summed E-state index contributed by atoms with van der Waals surface area (Å²) in [6, 6.07) is 6.89. The molecule has 0 aliphatic heterocycles. The molecule has 1 unspecified atom stereocenters. The number of aliphatic hydroxyl groups is 1. The Morgan fingerprint density at radius 1 is 1.33 bits per heavy atom. The van der Waals surface area contributed by atoms with Crippen molar-refractivity contribution in [2.75, 3.05) is 26.5 Å². The van der Waals surface area contributed by atoms with E-state index in [1.54, 1.807) is 38.3 Å². The molecule has 0 radical (unpaired) electrons. The molecule has 0 bridgehead atoms. The van der Waals surface area contributed by atoms with Crippen LogP contribution in [0.15, 0.2) is 24.3 Å². The molecule has 102 valence electrons. The number of aliphatic hydroxyl groups excluding tert-OH is 1. The molecule has 1 aromatic rings. The topological polar surface area (TPSA) is 66.8 Å². The van der Waals surface area contributed by atoms with Crippen molar-refractivity contribution in [1.29, 1.82) is 0 Å². The molecule has 0 heterocycles. The first-order valence-electron chi connectivity index (χ1n) is 5.66. The molecule has 1 N–H and O–H groups in total. The molecule has 0 saturated carbocycles. The van der Waals surface area contributed by atoms with E-state index < -0.39 is 16.1 Å². The highest BCUT2D eigenvalue weighted by Crippen LogP contribution is 2.18. The first-order valence-corrected chi connectivity index (χ1v) is 7.27. The maximum atomic E-state index is 11.6. The number of rotatable bonds is 6. The molecule has 0 spiro atoms. The smallest absolute Gasteiger partial charge is 0.213 e. The van der Waals surface area contributed by atoms with E-state index in [1.807, 2.05) is 0 Å². The van der Waals surface area contributed by atoms with Gasteiger partial charge in [-0.1, -0.05) is 12.1 Å². The maximum absolute atomic E-state index is 11.6. The molecule has 1 rings (SSSR count). The number of methoxy groups -OCH3 is 1. The van der Waals surface area contributed by atoms with Gasteiger partial charge < -0.3 is 9.84 Å². The first kappa shape index (κ1) is 14.9. The predicted octanol–water partition coefficient (Wildman–Crippen LogP) is 1.01. The number of hydrogen-bond donors (Lipinski definition) is 1. The van der Waals surface area contributed by atoms with Crippen LogP contribution >= 0.6 is 0 Å². The number of likely N-dealkylation sites (N-methyl/N-ethyl adjacent to an activating group) is 1. The van der Waals surface area contributed by atoms with Gasteiger partial charge in [0.1, 0.15) is 5.75 Å². The SMILES string of the molecule is CCS(=O)(=O)N(C)CC(O)c1ccc(OC)cc1. The van der Waals surface area contributed by atoms with E-state index >= 15 is 0 Å². The summed E-state index contributed by atoms with van der Waals surface area (Å²) in [5.41, 5.74) is 0.661. The van der Waals surface area contributed by atoms with Crippen molar-refractivity contribution in [1.82, 2.24) is 4.31 Å². The second-order valence-corrected chi connectivity index (χ2v) is 6.33. The van der Waals surface area contributed by atoms with Gasteiger partial charge in [-0.05, 0) is 24.6 Å². The van der Waals surface area contributed by atoms with Crippen molar-refractivity contribution in [2.24, 2.45) is 0 Å². The summed E-state index contributed by atoms with van der Waals surface area (Å²) in [5.74, 6) is 0.722. The van der Waals surface area contributed by atoms with Crippen molar-refractivity contribution in [2.45, 2.75) is 13.0 Å². The zero-order chi connectivity index (χ0) is 13.8. The maximum Gasteiger partial charge on any atom is 0.213 e. The Bertz CT molecular complexity index is 469. The average Bonchev–Trinajstić information content (AvgIpc) is 2.38. The molecule has 18 heavy (non-hydrogen) atoms. The van der Waals surface area contributed by atoms with Crippen LogP contribution in [0.25, 0.3) is 0 Å². The van der Waals surface area contributed by atoms with E-state index in [2.05, 4.69) is 0 Å². The van der Waals surface area contributed by atoms with Crippen LogP contribution in [0.5, 0.6) is 5.75 Å². The summed E-state index contributed by atoms with van der Waals surface area (Å²) >= 11 is 0. The number of hydrogen-bond acceptors (Lipinski definition) is 4. The fraction of sp³-hybridized carbons (Fsp3) is 0.500. The van der Waals surface area contributed by atoms with E-state index in [0.717, 1.165) is 0 Å². The molecule has 6 heteroatoms. The Kier molecular flexibility index (Phi) is 5.13. The zero-order valence-electron chi connectivity index (χ0n) is 10.8. The molecular weight excluding hydrogens is 254 g/mol. The monoisotopic (exact) mass is 273 g/mol. The highest BCUT2D eigenvalue weighted by atomic mass is 32.2. The van der Waals surface area contributed by atoms with E-state index in [0.29, 0.717) is 11.3 Å². The highest BCUT2D eigenvalue weighted by molar-refractivity contribution is 7.89. The number of sulfonamides is 1. The van der Waals surface area contributed by atoms with Gasteiger partial charge in [-0.2, -0.15) is 0 Å². The lowest BCUT2D eigenvalue weighted by Gasteiger charge is -2.20. The Morgan fingerprint density at radius 2 is 1.89 bits per heavy atom. The molecule has 5 nitrogen and oxygen atoms in total. The summed E-state index contributed by atoms with van der Waals surface area (Å²) in [5, 5.41) is 9.97. The molecular formula is C12H19NO4S. The fourth-order valence-corrected chi connectivity index (χ4v) is 2.32. The lowest BCUT2D eigenvalue weighted by molar-refractivity contribution is 0.155. The predicted molar refractivity (Wildman–Crippen MR) is 70.0 cm³/mol. The van der Waals surface area contributed by atoms with Crippen LogP contribution in [0.3, 0.4) is 0 Å². The van der Waals surface area contributed by atoms with Gasteiger partial charge in [0.2, 0.25) is 10.0 Å². The van der Waals surface area contributed by atoms with Crippen LogP contribution in [-0.4, -0.2) is 44.3 Å². The van der Waals surface area contributed by atoms with Crippen molar-refractivity contribution in [3.63, 3.8) is 0 Å². The van der Waals surface area contributed by atoms with E-state index in [1.165, 1.54) is 11.4 Å². The van der Waals surface area contributed by atoms with Gasteiger partial charge in [0, 0.05) is 13.6 Å². The normalized spacial score (nSPS) is 13.6. The summed E-state index contributed by atoms with van der Waals surface area (Å²) in [4.78, 5) is 0. The number of nitrogens with zero attached hydrogens (tertiary/aromatic N) is 1. The molecule has 0 aliphatic rings. The lowest BCUT2D eigenvalue weighted by atomic mass is 10.1. The zero-order valence-corrected chi connectivity index (χ0v) is 11.6. The van der Waals surface area contributed by atoms with Crippen molar-refractivity contribution in [3.8, 4) is 5.75 Å². The van der Waals surface area contributed by atoms with Crippen molar-refractivity contribution < 1.29 is 18.3 Å². The van der Waals surface area contributed by atoms with Gasteiger partial charge in [0.15, 0.2) is 0 Å². The van der Waals surface area contributed by atoms with Gasteiger partial charge in [0.25, 0.3) is 0 Å². The average molecular weight is 273 g/mol. The van der Waals surface area contributed by atoms with Gasteiger partial charge in [-0.3, -0.25) is 0 Å². The van der Waals surface area contributed by atoms with Crippen molar-refractivity contribution >= 4 is 10.0 Å². The molecule has 0 aliphatic carbocycles. The molecule has 0 aromatic heterocycles. The minimum Gasteiger partial charge on any atom is -0.497 e. The van der Waals surface area contributed by atoms with Crippen molar-refractivity contribution in [3.05, 3.63) is 29.8 Å². The van der Waals surface area contributed by atoms with Crippen LogP contribution < -0.4 is 4.74 Å². The minimum atomic E-state index is -3.27. The molecule has 0 fully saturated rings. The quantitative estimate of drug-likeness (QED) is 0.840. The second-order valence-electron chi connectivity index (χ2n) is 3.97. The van der Waals surface area contributed by atoms with E-state index in [4.69, 9.17) is 4.74 Å². The van der Waals surface area contributed by atoms with Crippen LogP contribution in [-0.2, 0) is 10.0 Å². The van der Waals surface area contributed by atoms with E-state index in [9.17, 15) is 13.5 Å². The Morgan fingerprint density at radius 3 is 2.33 bits per heavy atom. The van der Waals surface area contributed by atoms with Crippen LogP contribution in [0, 0.1) is 0 Å². The summed E-state index contributed by atoms with van der Waals surface area (Å²) < 4.78 is 29.3. The van der Waals surface area contributed by atoms with Crippen LogP contribution in [0.4, 0.5) is 0 Å². The van der Waals surface area contributed by atoms with Crippen LogP contribution in [0.2, 0.25) is 0 Å². The number of ether oxygens (including phenoxy) is 1. The third kappa shape index (κ3) is 3.69. The summed E-state index contributed by atoms with van der Waals surface area (Å²) in [6.07, 6.45) is -0.845. The largest absolute Gasteiger partial charge is 0.497 e. The lowest BCUT2D eigenvalue weighted by Crippen LogP contribution is -2.32. The highest BCUT2D eigenvalue weighted by Gasteiger charge is 2.19. The van der Waals surface area contributed by atoms with E-state index in [-0.39, 0.29) is 12.3 Å². The third-order valence-corrected chi connectivity index (χ3v) is 4.60. The van der Waals surface area contributed by atoms with Gasteiger partial charge in [-0.25, -0.2) is 12.7 Å². The fourth-order valence-electron chi connectivity index (χ4n) is 1.51. The molecule has 1 aromatic carbocycles. The molecule has 1 atom stereocenters.